The van der Waals surface area contributed by atoms with E-state index in [2.05, 4.69) is 19.2 Å². The smallest absolute Gasteiger partial charge is 0.224 e. The molecule has 2 aromatic rings. The van der Waals surface area contributed by atoms with Crippen LogP contribution in [0.3, 0.4) is 0 Å². The van der Waals surface area contributed by atoms with Crippen LogP contribution in [0, 0.1) is 12.8 Å². The number of benzene rings is 2. The zero-order chi connectivity index (χ0) is 19.1. The van der Waals surface area contributed by atoms with E-state index in [4.69, 9.17) is 9.47 Å². The average molecular weight is 355 g/mol. The van der Waals surface area contributed by atoms with Gasteiger partial charge in [-0.15, -0.1) is 0 Å². The maximum absolute atomic E-state index is 12.6. The van der Waals surface area contributed by atoms with Crippen molar-refractivity contribution in [2.45, 2.75) is 39.7 Å². The number of nitrogens with one attached hydrogen (secondary N) is 1. The maximum atomic E-state index is 12.6. The first-order valence-electron chi connectivity index (χ1n) is 8.99. The molecule has 1 amide bonds. The van der Waals surface area contributed by atoms with Gasteiger partial charge in [-0.1, -0.05) is 38.1 Å². The lowest BCUT2D eigenvalue weighted by molar-refractivity contribution is -0.121. The third-order valence-electron chi connectivity index (χ3n) is 4.38. The highest BCUT2D eigenvalue weighted by atomic mass is 16.5. The Morgan fingerprint density at radius 3 is 2.27 bits per heavy atom. The van der Waals surface area contributed by atoms with Crippen LogP contribution in [0.1, 0.15) is 43.0 Å². The Balaban J connectivity index is 2.09. The fourth-order valence-electron chi connectivity index (χ4n) is 3.07. The van der Waals surface area contributed by atoms with Crippen molar-refractivity contribution in [3.63, 3.8) is 0 Å². The van der Waals surface area contributed by atoms with E-state index in [-0.39, 0.29) is 11.9 Å². The number of rotatable bonds is 8. The molecule has 0 aliphatic rings. The molecule has 0 bridgehead atoms. The van der Waals surface area contributed by atoms with Gasteiger partial charge in [-0.2, -0.15) is 0 Å². The number of aryl methyl sites for hydroxylation is 1. The Kier molecular flexibility index (Phi) is 7.07. The minimum Gasteiger partial charge on any atom is -0.497 e. The van der Waals surface area contributed by atoms with Gasteiger partial charge in [0, 0.05) is 0 Å². The zero-order valence-corrected chi connectivity index (χ0v) is 16.3. The molecule has 0 radical (unpaired) electrons. The van der Waals surface area contributed by atoms with E-state index in [1.165, 1.54) is 0 Å². The van der Waals surface area contributed by atoms with Crippen molar-refractivity contribution < 1.29 is 14.3 Å². The Hall–Kier alpha value is -2.49. The molecule has 0 fully saturated rings. The average Bonchev–Trinajstić information content (AvgIpc) is 2.61. The van der Waals surface area contributed by atoms with Gasteiger partial charge in [0.1, 0.15) is 11.5 Å². The summed E-state index contributed by atoms with van der Waals surface area (Å²) in [7, 11) is 3.30. The van der Waals surface area contributed by atoms with Crippen LogP contribution < -0.4 is 14.8 Å². The van der Waals surface area contributed by atoms with E-state index in [0.717, 1.165) is 34.6 Å². The molecule has 4 heteroatoms. The molecule has 4 nitrogen and oxygen atoms in total. The fraction of sp³-hybridized carbons (Fsp3) is 0.409. The summed E-state index contributed by atoms with van der Waals surface area (Å²) in [5, 5.41) is 3.19. The molecule has 0 saturated carbocycles. The number of amides is 1. The molecule has 0 aliphatic heterocycles. The highest BCUT2D eigenvalue weighted by Crippen LogP contribution is 2.24. The van der Waals surface area contributed by atoms with Crippen molar-refractivity contribution in [3.05, 3.63) is 59.2 Å². The van der Waals surface area contributed by atoms with E-state index in [0.29, 0.717) is 12.3 Å². The lowest BCUT2D eigenvalue weighted by Crippen LogP contribution is -2.30. The summed E-state index contributed by atoms with van der Waals surface area (Å²) < 4.78 is 10.5. The lowest BCUT2D eigenvalue weighted by atomic mass is 9.96. The Morgan fingerprint density at radius 2 is 1.73 bits per heavy atom. The van der Waals surface area contributed by atoms with Gasteiger partial charge in [-0.25, -0.2) is 0 Å². The van der Waals surface area contributed by atoms with Crippen molar-refractivity contribution in [2.24, 2.45) is 5.92 Å². The molecule has 0 heterocycles. The summed E-state index contributed by atoms with van der Waals surface area (Å²) in [6.45, 7) is 6.31. The van der Waals surface area contributed by atoms with Crippen LogP contribution in [0.25, 0.3) is 0 Å². The molecule has 1 atom stereocenters. The third-order valence-corrected chi connectivity index (χ3v) is 4.38. The van der Waals surface area contributed by atoms with Gasteiger partial charge in [-0.05, 0) is 54.2 Å². The second kappa shape index (κ2) is 9.27. The van der Waals surface area contributed by atoms with Crippen LogP contribution in [0.2, 0.25) is 0 Å². The molecule has 2 rings (SSSR count). The summed E-state index contributed by atoms with van der Waals surface area (Å²) in [6, 6.07) is 13.7. The number of carbonyl (C=O) groups is 1. The summed E-state index contributed by atoms with van der Waals surface area (Å²) in [5.74, 6) is 2.16. The van der Waals surface area contributed by atoms with Gasteiger partial charge in [0.15, 0.2) is 0 Å². The van der Waals surface area contributed by atoms with Crippen LogP contribution in [-0.4, -0.2) is 20.1 Å². The highest BCUT2D eigenvalue weighted by Gasteiger charge is 2.17. The molecule has 0 saturated heterocycles. The Bertz CT molecular complexity index is 723. The molecule has 0 unspecified atom stereocenters. The van der Waals surface area contributed by atoms with Crippen molar-refractivity contribution in [3.8, 4) is 11.5 Å². The van der Waals surface area contributed by atoms with Gasteiger partial charge in [0.2, 0.25) is 5.91 Å². The predicted octanol–water partition coefficient (Wildman–Crippen LogP) is 4.46. The first-order valence-corrected chi connectivity index (χ1v) is 8.99. The third kappa shape index (κ3) is 5.51. The van der Waals surface area contributed by atoms with Crippen molar-refractivity contribution >= 4 is 5.91 Å². The molecule has 140 valence electrons. The summed E-state index contributed by atoms with van der Waals surface area (Å²) in [6.07, 6.45) is 1.25. The molecule has 0 spiro atoms. The predicted molar refractivity (Wildman–Crippen MR) is 105 cm³/mol. The number of hydrogen-bond acceptors (Lipinski definition) is 3. The van der Waals surface area contributed by atoms with Gasteiger partial charge >= 0.3 is 0 Å². The van der Waals surface area contributed by atoms with Crippen LogP contribution in [0.5, 0.6) is 11.5 Å². The Morgan fingerprint density at radius 1 is 1.04 bits per heavy atom. The number of methoxy groups -OCH3 is 2. The number of hydrogen-bond donors (Lipinski definition) is 1. The van der Waals surface area contributed by atoms with E-state index in [1.807, 2.05) is 49.4 Å². The van der Waals surface area contributed by atoms with E-state index in [1.54, 1.807) is 14.2 Å². The van der Waals surface area contributed by atoms with Crippen LogP contribution >= 0.6 is 0 Å². The van der Waals surface area contributed by atoms with Gasteiger partial charge in [-0.3, -0.25) is 4.79 Å². The highest BCUT2D eigenvalue weighted by molar-refractivity contribution is 5.79. The standard InChI is InChI=1S/C22H29NO3/c1-15(2)12-20(18-7-9-19(25-4)10-8-18)23-22(24)14-17-6-11-21(26-5)16(3)13-17/h6-11,13,15,20H,12,14H2,1-5H3,(H,23,24)/t20-/m1/s1. The van der Waals surface area contributed by atoms with Gasteiger partial charge < -0.3 is 14.8 Å². The monoisotopic (exact) mass is 355 g/mol. The van der Waals surface area contributed by atoms with E-state index in [9.17, 15) is 4.79 Å². The van der Waals surface area contributed by atoms with E-state index >= 15 is 0 Å². The zero-order valence-electron chi connectivity index (χ0n) is 16.3. The molecule has 2 aromatic carbocycles. The fourth-order valence-corrected chi connectivity index (χ4v) is 3.07. The molecule has 0 aromatic heterocycles. The quantitative estimate of drug-likeness (QED) is 0.760. The second-order valence-corrected chi connectivity index (χ2v) is 7.00. The number of carbonyl (C=O) groups excluding carboxylic acids is 1. The number of ether oxygens (including phenoxy) is 2. The minimum absolute atomic E-state index is 0.00671. The van der Waals surface area contributed by atoms with E-state index < -0.39 is 0 Å². The summed E-state index contributed by atoms with van der Waals surface area (Å²) in [5.41, 5.74) is 3.12. The normalized spacial score (nSPS) is 11.9. The van der Waals surface area contributed by atoms with Crippen molar-refractivity contribution in [2.75, 3.05) is 14.2 Å². The molecular weight excluding hydrogens is 326 g/mol. The lowest BCUT2D eigenvalue weighted by Gasteiger charge is -2.21. The first-order chi connectivity index (χ1) is 12.4. The van der Waals surface area contributed by atoms with Crippen LogP contribution in [-0.2, 0) is 11.2 Å². The Labute approximate surface area is 156 Å². The maximum Gasteiger partial charge on any atom is 0.224 e. The van der Waals surface area contributed by atoms with Crippen LogP contribution in [0.15, 0.2) is 42.5 Å². The molecule has 1 N–H and O–H groups in total. The minimum atomic E-state index is -0.00671. The first kappa shape index (κ1) is 19.8. The van der Waals surface area contributed by atoms with Gasteiger partial charge in [0.25, 0.3) is 0 Å². The molecular formula is C22H29NO3. The van der Waals surface area contributed by atoms with Crippen LogP contribution in [0.4, 0.5) is 0 Å². The topological polar surface area (TPSA) is 47.6 Å². The molecule has 26 heavy (non-hydrogen) atoms. The summed E-state index contributed by atoms with van der Waals surface area (Å²) >= 11 is 0. The largest absolute Gasteiger partial charge is 0.497 e. The summed E-state index contributed by atoms with van der Waals surface area (Å²) in [4.78, 5) is 12.6. The SMILES string of the molecule is COc1ccc([C@@H](CC(C)C)NC(=O)Cc2ccc(OC)c(C)c2)cc1. The van der Waals surface area contributed by atoms with Crippen molar-refractivity contribution in [1.82, 2.24) is 5.32 Å². The second-order valence-electron chi connectivity index (χ2n) is 7.00. The van der Waals surface area contributed by atoms with Gasteiger partial charge in [0.05, 0.1) is 26.7 Å². The molecule has 0 aliphatic carbocycles. The van der Waals surface area contributed by atoms with Crippen molar-refractivity contribution in [1.29, 1.82) is 0 Å².